The van der Waals surface area contributed by atoms with E-state index < -0.39 is 0 Å². The average Bonchev–Trinajstić information content (AvgIpc) is 3.14. The zero-order chi connectivity index (χ0) is 12.4. The molecule has 2 heteroatoms. The van der Waals surface area contributed by atoms with E-state index in [4.69, 9.17) is 4.74 Å². The Labute approximate surface area is 103 Å². The van der Waals surface area contributed by atoms with Crippen LogP contribution in [0.2, 0.25) is 0 Å². The summed E-state index contributed by atoms with van der Waals surface area (Å²) in [5.74, 6) is 1.07. The molecule has 0 saturated heterocycles. The van der Waals surface area contributed by atoms with Crippen LogP contribution in [0.25, 0.3) is 0 Å². The van der Waals surface area contributed by atoms with Gasteiger partial charge < -0.3 is 4.74 Å². The summed E-state index contributed by atoms with van der Waals surface area (Å²) in [5.41, 5.74) is 2.04. The summed E-state index contributed by atoms with van der Waals surface area (Å²) >= 11 is 0. The fraction of sp³-hybridized carbons (Fsp3) is 0.533. The lowest BCUT2D eigenvalue weighted by atomic mass is 9.98. The Kier molecular flexibility index (Phi) is 3.63. The second kappa shape index (κ2) is 5.01. The van der Waals surface area contributed by atoms with Crippen molar-refractivity contribution >= 4 is 5.78 Å². The minimum absolute atomic E-state index is 0.130. The smallest absolute Gasteiger partial charge is 0.191 e. The Morgan fingerprint density at radius 1 is 1.24 bits per heavy atom. The summed E-state index contributed by atoms with van der Waals surface area (Å²) in [6.45, 7) is 4.30. The molecule has 0 heterocycles. The minimum atomic E-state index is -0.236. The first-order valence-electron chi connectivity index (χ1n) is 6.30. The highest BCUT2D eigenvalue weighted by atomic mass is 16.5. The van der Waals surface area contributed by atoms with Gasteiger partial charge in [0.1, 0.15) is 6.10 Å². The first-order valence-corrected chi connectivity index (χ1v) is 6.30. The van der Waals surface area contributed by atoms with Gasteiger partial charge in [0.05, 0.1) is 0 Å². The van der Waals surface area contributed by atoms with Gasteiger partial charge in [-0.15, -0.1) is 0 Å². The van der Waals surface area contributed by atoms with Crippen molar-refractivity contribution in [2.24, 2.45) is 5.92 Å². The number of benzene rings is 1. The van der Waals surface area contributed by atoms with Crippen LogP contribution in [0.3, 0.4) is 0 Å². The molecular formula is C15H20O2. The maximum absolute atomic E-state index is 12.2. The molecule has 1 aliphatic rings. The largest absolute Gasteiger partial charge is 0.373 e. The topological polar surface area (TPSA) is 26.3 Å². The normalized spacial score (nSPS) is 17.2. The molecule has 1 unspecified atom stereocenters. The number of carbonyl (C=O) groups excluding carboxylic acids is 1. The highest BCUT2D eigenvalue weighted by Crippen LogP contribution is 2.35. The van der Waals surface area contributed by atoms with Gasteiger partial charge in [-0.1, -0.05) is 38.1 Å². The molecule has 2 nitrogen and oxygen atoms in total. The minimum Gasteiger partial charge on any atom is -0.373 e. The molecule has 1 aromatic rings. The number of rotatable bonds is 5. The lowest BCUT2D eigenvalue weighted by molar-refractivity contribution is 0.0540. The molecule has 0 bridgehead atoms. The highest BCUT2D eigenvalue weighted by Gasteiger charge is 2.36. The molecule has 1 saturated carbocycles. The molecule has 2 rings (SSSR count). The fourth-order valence-corrected chi connectivity index (χ4v) is 2.11. The molecule has 0 amide bonds. The number of carbonyl (C=O) groups is 1. The first-order chi connectivity index (χ1) is 8.13. The number of ketones is 1. The summed E-state index contributed by atoms with van der Waals surface area (Å²) in [7, 11) is 1.63. The van der Waals surface area contributed by atoms with Crippen LogP contribution in [0, 0.1) is 5.92 Å². The molecule has 92 valence electrons. The van der Waals surface area contributed by atoms with Crippen molar-refractivity contribution in [3.05, 3.63) is 35.4 Å². The van der Waals surface area contributed by atoms with Crippen molar-refractivity contribution in [1.82, 2.24) is 0 Å². The quantitative estimate of drug-likeness (QED) is 0.727. The third-order valence-corrected chi connectivity index (χ3v) is 3.42. The fourth-order valence-electron chi connectivity index (χ4n) is 2.11. The number of hydrogen-bond acceptors (Lipinski definition) is 2. The Morgan fingerprint density at radius 3 is 2.24 bits per heavy atom. The Balaban J connectivity index is 2.13. The van der Waals surface area contributed by atoms with Crippen LogP contribution in [0.1, 0.15) is 48.5 Å². The third-order valence-electron chi connectivity index (χ3n) is 3.42. The van der Waals surface area contributed by atoms with Gasteiger partial charge in [0.15, 0.2) is 5.78 Å². The van der Waals surface area contributed by atoms with Gasteiger partial charge in [-0.25, -0.2) is 0 Å². The predicted octanol–water partition coefficient (Wildman–Crippen LogP) is 3.42. The summed E-state index contributed by atoms with van der Waals surface area (Å²) in [6, 6.07) is 7.92. The van der Waals surface area contributed by atoms with Crippen molar-refractivity contribution in [2.75, 3.05) is 7.11 Å². The Morgan fingerprint density at radius 2 is 1.82 bits per heavy atom. The van der Waals surface area contributed by atoms with E-state index in [0.717, 1.165) is 18.4 Å². The van der Waals surface area contributed by atoms with Crippen molar-refractivity contribution in [3.8, 4) is 0 Å². The monoisotopic (exact) mass is 232 g/mol. The zero-order valence-corrected chi connectivity index (χ0v) is 10.8. The van der Waals surface area contributed by atoms with E-state index >= 15 is 0 Å². The molecule has 1 fully saturated rings. The molecule has 0 aromatic heterocycles. The van der Waals surface area contributed by atoms with Crippen LogP contribution in [-0.2, 0) is 4.74 Å². The average molecular weight is 232 g/mol. The summed E-state index contributed by atoms with van der Waals surface area (Å²) in [5, 5.41) is 0. The van der Waals surface area contributed by atoms with Crippen molar-refractivity contribution in [3.63, 3.8) is 0 Å². The summed E-state index contributed by atoms with van der Waals surface area (Å²) in [6.07, 6.45) is 2.00. The second-order valence-electron chi connectivity index (χ2n) is 5.13. The maximum Gasteiger partial charge on any atom is 0.191 e. The van der Waals surface area contributed by atoms with Crippen LogP contribution in [0.5, 0.6) is 0 Å². The second-order valence-corrected chi connectivity index (χ2v) is 5.13. The molecule has 0 N–H and O–H groups in total. The van der Waals surface area contributed by atoms with Gasteiger partial charge in [-0.05, 0) is 30.2 Å². The van der Waals surface area contributed by atoms with Gasteiger partial charge in [0, 0.05) is 12.7 Å². The van der Waals surface area contributed by atoms with Crippen LogP contribution in [0.4, 0.5) is 0 Å². The van der Waals surface area contributed by atoms with Crippen molar-refractivity contribution < 1.29 is 9.53 Å². The SMILES string of the molecule is COC(C(=O)c1ccc(C(C)C)cc1)C1CC1. The summed E-state index contributed by atoms with van der Waals surface area (Å²) < 4.78 is 5.32. The van der Waals surface area contributed by atoms with E-state index in [-0.39, 0.29) is 11.9 Å². The van der Waals surface area contributed by atoms with E-state index in [2.05, 4.69) is 13.8 Å². The molecule has 0 aliphatic heterocycles. The van der Waals surface area contributed by atoms with E-state index in [1.54, 1.807) is 7.11 Å². The predicted molar refractivity (Wildman–Crippen MR) is 68.4 cm³/mol. The van der Waals surface area contributed by atoms with Crippen LogP contribution >= 0.6 is 0 Å². The Bertz CT molecular complexity index is 388. The van der Waals surface area contributed by atoms with E-state index in [0.29, 0.717) is 11.8 Å². The summed E-state index contributed by atoms with van der Waals surface area (Å²) in [4.78, 5) is 12.2. The molecule has 0 spiro atoms. The van der Waals surface area contributed by atoms with Gasteiger partial charge in [-0.3, -0.25) is 4.79 Å². The number of methoxy groups -OCH3 is 1. The van der Waals surface area contributed by atoms with Gasteiger partial charge >= 0.3 is 0 Å². The number of ether oxygens (including phenoxy) is 1. The maximum atomic E-state index is 12.2. The van der Waals surface area contributed by atoms with Gasteiger partial charge in [-0.2, -0.15) is 0 Å². The van der Waals surface area contributed by atoms with E-state index in [1.807, 2.05) is 24.3 Å². The molecule has 17 heavy (non-hydrogen) atoms. The molecule has 1 atom stereocenters. The van der Waals surface area contributed by atoms with Gasteiger partial charge in [0.25, 0.3) is 0 Å². The standard InChI is InChI=1S/C15H20O2/c1-10(2)11-4-6-12(7-5-11)14(16)15(17-3)13-8-9-13/h4-7,10,13,15H,8-9H2,1-3H3. The van der Waals surface area contributed by atoms with Crippen molar-refractivity contribution in [2.45, 2.75) is 38.7 Å². The first kappa shape index (κ1) is 12.3. The van der Waals surface area contributed by atoms with Crippen LogP contribution < -0.4 is 0 Å². The van der Waals surface area contributed by atoms with E-state index in [1.165, 1.54) is 5.56 Å². The molecule has 1 aliphatic carbocycles. The lowest BCUT2D eigenvalue weighted by Crippen LogP contribution is -2.25. The van der Waals surface area contributed by atoms with Crippen LogP contribution in [0.15, 0.2) is 24.3 Å². The van der Waals surface area contributed by atoms with E-state index in [9.17, 15) is 4.79 Å². The highest BCUT2D eigenvalue weighted by molar-refractivity contribution is 5.99. The molecule has 0 radical (unpaired) electrons. The molecule has 1 aromatic carbocycles. The van der Waals surface area contributed by atoms with Gasteiger partial charge in [0.2, 0.25) is 0 Å². The number of hydrogen-bond donors (Lipinski definition) is 0. The molecular weight excluding hydrogens is 212 g/mol. The number of Topliss-reactive ketones (excluding diaryl/α,β-unsaturated/α-hetero) is 1. The Hall–Kier alpha value is -1.15. The lowest BCUT2D eigenvalue weighted by Gasteiger charge is -2.13. The zero-order valence-electron chi connectivity index (χ0n) is 10.8. The van der Waals surface area contributed by atoms with Crippen LogP contribution in [-0.4, -0.2) is 19.0 Å². The van der Waals surface area contributed by atoms with Crippen molar-refractivity contribution in [1.29, 1.82) is 0 Å². The third kappa shape index (κ3) is 2.75.